The number of benzene rings is 3. The van der Waals surface area contributed by atoms with Gasteiger partial charge in [0.05, 0.1) is 11.3 Å². The number of rotatable bonds is 6. The molecule has 0 radical (unpaired) electrons. The zero-order valence-electron chi connectivity index (χ0n) is 20.8. The minimum Gasteiger partial charge on any atom is -0.508 e. The summed E-state index contributed by atoms with van der Waals surface area (Å²) in [4.78, 5) is 24.3. The van der Waals surface area contributed by atoms with Crippen LogP contribution in [0.25, 0.3) is 16.8 Å². The van der Waals surface area contributed by atoms with Gasteiger partial charge in [0, 0.05) is 48.9 Å². The fourth-order valence-corrected chi connectivity index (χ4v) is 4.55. The first-order valence-corrected chi connectivity index (χ1v) is 12.4. The van der Waals surface area contributed by atoms with Gasteiger partial charge in [-0.2, -0.15) is 0 Å². The Kier molecular flexibility index (Phi) is 7.05. The van der Waals surface area contributed by atoms with Crippen LogP contribution in [0.3, 0.4) is 0 Å². The van der Waals surface area contributed by atoms with E-state index in [2.05, 4.69) is 39.0 Å². The van der Waals surface area contributed by atoms with Crippen molar-refractivity contribution in [2.75, 3.05) is 38.1 Å². The minimum absolute atomic E-state index is 0.217. The number of aromatic hydroxyl groups is 2. The zero-order valence-corrected chi connectivity index (χ0v) is 20.8. The number of likely N-dealkylation sites (N-methyl/N-ethyl adjacent to an activating group) is 1. The van der Waals surface area contributed by atoms with E-state index in [1.807, 2.05) is 48.6 Å². The molecule has 0 saturated carbocycles. The van der Waals surface area contributed by atoms with Crippen molar-refractivity contribution in [3.63, 3.8) is 0 Å². The average molecular weight is 495 g/mol. The van der Waals surface area contributed by atoms with Crippen LogP contribution in [0.15, 0.2) is 82.6 Å². The molecule has 188 valence electrons. The van der Waals surface area contributed by atoms with Crippen LogP contribution in [-0.2, 0) is 6.42 Å². The highest BCUT2D eigenvalue weighted by Crippen LogP contribution is 2.25. The summed E-state index contributed by atoms with van der Waals surface area (Å²) >= 11 is 0. The third-order valence-corrected chi connectivity index (χ3v) is 6.77. The Labute approximate surface area is 215 Å². The molecule has 0 bridgehead atoms. The first-order chi connectivity index (χ1) is 18.0. The molecule has 1 aliphatic heterocycles. The first-order valence-electron chi connectivity index (χ1n) is 12.4. The van der Waals surface area contributed by atoms with Crippen molar-refractivity contribution in [1.29, 1.82) is 0 Å². The maximum absolute atomic E-state index is 12.5. The number of aliphatic imine (C=N–C) groups is 1. The van der Waals surface area contributed by atoms with E-state index in [4.69, 9.17) is 0 Å². The van der Waals surface area contributed by atoms with Gasteiger partial charge in [-0.25, -0.2) is 0 Å². The standard InChI is InChI=1S/C30H30N4O3/c1-33-15-17-34(18-16-33)24-12-10-23(11-13-24)31-20-27-26-19-21(9-14-25(26)29(36)32-30(27)37)5-4-7-22-6-2-3-8-28(22)35/h2-6,8-14,19-20,35H,7,15-18H2,1H3,(H2,32,36,37)/b5-4+,31-20?. The van der Waals surface area contributed by atoms with Gasteiger partial charge in [-0.3, -0.25) is 14.8 Å². The van der Waals surface area contributed by atoms with Crippen LogP contribution in [0, 0.1) is 0 Å². The maximum atomic E-state index is 12.5. The molecule has 5 rings (SSSR count). The number of hydrogen-bond acceptors (Lipinski definition) is 6. The molecule has 7 nitrogen and oxygen atoms in total. The van der Waals surface area contributed by atoms with Crippen molar-refractivity contribution in [2.45, 2.75) is 6.42 Å². The van der Waals surface area contributed by atoms with Gasteiger partial charge in [0.25, 0.3) is 5.56 Å². The molecule has 7 heteroatoms. The van der Waals surface area contributed by atoms with Crippen LogP contribution in [0.1, 0.15) is 16.7 Å². The molecule has 0 spiro atoms. The molecular weight excluding hydrogens is 464 g/mol. The third-order valence-electron chi connectivity index (χ3n) is 6.77. The Morgan fingerprint density at radius 2 is 1.70 bits per heavy atom. The number of phenolic OH excluding ortho intramolecular Hbond substituents is 1. The van der Waals surface area contributed by atoms with Crippen LogP contribution >= 0.6 is 0 Å². The molecule has 3 aromatic carbocycles. The summed E-state index contributed by atoms with van der Waals surface area (Å²) < 4.78 is 0. The monoisotopic (exact) mass is 494 g/mol. The van der Waals surface area contributed by atoms with Crippen LogP contribution < -0.4 is 10.5 Å². The summed E-state index contributed by atoms with van der Waals surface area (Å²) in [5, 5.41) is 21.6. The van der Waals surface area contributed by atoms with Crippen molar-refractivity contribution >= 4 is 34.4 Å². The quantitative estimate of drug-likeness (QED) is 0.338. The summed E-state index contributed by atoms with van der Waals surface area (Å²) in [5.41, 5.74) is 3.73. The molecule has 2 heterocycles. The lowest BCUT2D eigenvalue weighted by molar-refractivity contribution is 0.313. The lowest BCUT2D eigenvalue weighted by atomic mass is 10.0. The van der Waals surface area contributed by atoms with E-state index < -0.39 is 0 Å². The summed E-state index contributed by atoms with van der Waals surface area (Å²) in [6.07, 6.45) is 6.05. The number of piperazine rings is 1. The van der Waals surface area contributed by atoms with E-state index in [-0.39, 0.29) is 17.2 Å². The van der Waals surface area contributed by atoms with Gasteiger partial charge in [-0.05, 0) is 67.1 Å². The molecule has 37 heavy (non-hydrogen) atoms. The second-order valence-corrected chi connectivity index (χ2v) is 9.32. The molecule has 1 aromatic heterocycles. The average Bonchev–Trinajstić information content (AvgIpc) is 2.90. The number of para-hydroxylation sites is 1. The van der Waals surface area contributed by atoms with E-state index in [9.17, 15) is 15.0 Å². The Hall–Kier alpha value is -4.36. The molecule has 1 fully saturated rings. The largest absolute Gasteiger partial charge is 0.508 e. The number of H-pyrrole nitrogens is 1. The fraction of sp³-hybridized carbons (Fsp3) is 0.200. The van der Waals surface area contributed by atoms with E-state index in [1.165, 1.54) is 5.69 Å². The van der Waals surface area contributed by atoms with E-state index in [1.54, 1.807) is 24.4 Å². The molecular formula is C30H30N4O3. The van der Waals surface area contributed by atoms with Crippen LogP contribution in [0.5, 0.6) is 11.6 Å². The number of aromatic nitrogens is 1. The van der Waals surface area contributed by atoms with Gasteiger partial charge in [-0.1, -0.05) is 36.4 Å². The number of aromatic amines is 1. The molecule has 4 aromatic rings. The summed E-state index contributed by atoms with van der Waals surface area (Å²) in [7, 11) is 2.14. The minimum atomic E-state index is -0.356. The van der Waals surface area contributed by atoms with E-state index in [0.29, 0.717) is 22.8 Å². The Bertz CT molecular complexity index is 1510. The molecule has 0 amide bonds. The van der Waals surface area contributed by atoms with Crippen LogP contribution in [-0.4, -0.2) is 59.5 Å². The normalized spacial score (nSPS) is 14.8. The highest BCUT2D eigenvalue weighted by atomic mass is 16.3. The second-order valence-electron chi connectivity index (χ2n) is 9.32. The SMILES string of the molecule is CN1CCN(c2ccc(N=Cc3c(O)[nH]c(=O)c4ccc(/C=C/Cc5ccccc5O)cc34)cc2)CC1. The number of anilines is 1. The molecule has 3 N–H and O–H groups in total. The second kappa shape index (κ2) is 10.7. The molecule has 0 atom stereocenters. The number of phenols is 1. The highest BCUT2D eigenvalue weighted by molar-refractivity contribution is 6.02. The molecule has 1 saturated heterocycles. The number of fused-ring (bicyclic) bond motifs is 1. The van der Waals surface area contributed by atoms with Gasteiger partial charge in [-0.15, -0.1) is 0 Å². The predicted octanol–water partition coefficient (Wildman–Crippen LogP) is 4.70. The smallest absolute Gasteiger partial charge is 0.258 e. The van der Waals surface area contributed by atoms with Crippen LogP contribution in [0.2, 0.25) is 0 Å². The summed E-state index contributed by atoms with van der Waals surface area (Å²) in [5.74, 6) is 0.0443. The first kappa shape index (κ1) is 24.3. The third kappa shape index (κ3) is 5.57. The van der Waals surface area contributed by atoms with Crippen molar-refractivity contribution in [1.82, 2.24) is 9.88 Å². The number of hydrogen-bond donors (Lipinski definition) is 3. The van der Waals surface area contributed by atoms with Crippen molar-refractivity contribution in [3.8, 4) is 11.6 Å². The Morgan fingerprint density at radius 3 is 2.46 bits per heavy atom. The van der Waals surface area contributed by atoms with Gasteiger partial charge in [0.2, 0.25) is 5.88 Å². The maximum Gasteiger partial charge on any atom is 0.258 e. The van der Waals surface area contributed by atoms with E-state index >= 15 is 0 Å². The van der Waals surface area contributed by atoms with Gasteiger partial charge < -0.3 is 20.0 Å². The molecule has 0 unspecified atom stereocenters. The fourth-order valence-electron chi connectivity index (χ4n) is 4.55. The van der Waals surface area contributed by atoms with Gasteiger partial charge in [0.1, 0.15) is 5.75 Å². The number of allylic oxidation sites excluding steroid dienone is 1. The summed E-state index contributed by atoms with van der Waals surface area (Å²) in [6, 6.07) is 20.7. The highest BCUT2D eigenvalue weighted by Gasteiger charge is 2.14. The lowest BCUT2D eigenvalue weighted by Crippen LogP contribution is -2.44. The number of nitrogens with zero attached hydrogens (tertiary/aromatic N) is 3. The molecule has 1 aliphatic rings. The lowest BCUT2D eigenvalue weighted by Gasteiger charge is -2.34. The van der Waals surface area contributed by atoms with Crippen molar-refractivity contribution in [2.24, 2.45) is 4.99 Å². The summed E-state index contributed by atoms with van der Waals surface area (Å²) in [6.45, 7) is 4.09. The zero-order chi connectivity index (χ0) is 25.8. The Morgan fingerprint density at radius 1 is 0.946 bits per heavy atom. The van der Waals surface area contributed by atoms with Crippen LogP contribution in [0.4, 0.5) is 11.4 Å². The van der Waals surface area contributed by atoms with Crippen molar-refractivity contribution < 1.29 is 10.2 Å². The molecule has 0 aliphatic carbocycles. The van der Waals surface area contributed by atoms with Crippen molar-refractivity contribution in [3.05, 3.63) is 99.9 Å². The van der Waals surface area contributed by atoms with Gasteiger partial charge in [0.15, 0.2) is 0 Å². The number of nitrogens with one attached hydrogen (secondary N) is 1. The Balaban J connectivity index is 1.39. The topological polar surface area (TPSA) is 92.2 Å². The van der Waals surface area contributed by atoms with Gasteiger partial charge >= 0.3 is 0 Å². The predicted molar refractivity (Wildman–Crippen MR) is 150 cm³/mol. The van der Waals surface area contributed by atoms with E-state index in [0.717, 1.165) is 43.0 Å². The number of pyridine rings is 1.